The van der Waals surface area contributed by atoms with Gasteiger partial charge in [-0.3, -0.25) is 4.79 Å². The number of carbonyl (C=O) groups is 1. The molecule has 1 aliphatic rings. The number of pyridine rings is 1. The standard InChI is InChI=1S/C17H12F6N2O3/c18-16(19,20)13-6-3-7-14(24-13)27-10-8-25(9-10)15(26)11-4-1-2-5-12(11)28-17(21,22)23/h1-7,10H,8-9H2. The van der Waals surface area contributed by atoms with Crippen LogP contribution in [0.5, 0.6) is 11.6 Å². The van der Waals surface area contributed by atoms with Crippen LogP contribution in [0.1, 0.15) is 16.1 Å². The molecular weight excluding hydrogens is 394 g/mol. The number of likely N-dealkylation sites (tertiary alicyclic amines) is 1. The lowest BCUT2D eigenvalue weighted by Crippen LogP contribution is -2.56. The Morgan fingerprint density at radius 1 is 1.00 bits per heavy atom. The number of nitrogens with zero attached hydrogens (tertiary/aromatic N) is 2. The number of hydrogen-bond acceptors (Lipinski definition) is 4. The molecule has 3 rings (SSSR count). The fourth-order valence-electron chi connectivity index (χ4n) is 2.51. The maximum absolute atomic E-state index is 12.6. The van der Waals surface area contributed by atoms with Gasteiger partial charge in [0.2, 0.25) is 5.88 Å². The molecule has 0 atom stereocenters. The van der Waals surface area contributed by atoms with Crippen molar-refractivity contribution in [3.05, 3.63) is 53.7 Å². The Morgan fingerprint density at radius 3 is 2.32 bits per heavy atom. The van der Waals surface area contributed by atoms with Crippen LogP contribution in [0.15, 0.2) is 42.5 Å². The number of carbonyl (C=O) groups excluding carboxylic acids is 1. The van der Waals surface area contributed by atoms with E-state index in [-0.39, 0.29) is 24.5 Å². The molecule has 1 fully saturated rings. The first kappa shape index (κ1) is 19.8. The minimum atomic E-state index is -4.95. The lowest BCUT2D eigenvalue weighted by Gasteiger charge is -2.38. The average molecular weight is 406 g/mol. The van der Waals surface area contributed by atoms with Crippen molar-refractivity contribution in [2.45, 2.75) is 18.6 Å². The largest absolute Gasteiger partial charge is 0.573 e. The summed E-state index contributed by atoms with van der Waals surface area (Å²) in [5.74, 6) is -1.60. The zero-order valence-corrected chi connectivity index (χ0v) is 13.9. The van der Waals surface area contributed by atoms with Gasteiger partial charge < -0.3 is 14.4 Å². The highest BCUT2D eigenvalue weighted by Gasteiger charge is 2.37. The molecule has 2 heterocycles. The molecule has 1 amide bonds. The Balaban J connectivity index is 1.62. The minimum absolute atomic E-state index is 0.0168. The molecule has 0 unspecified atom stereocenters. The summed E-state index contributed by atoms with van der Waals surface area (Å²) in [5.41, 5.74) is -1.40. The quantitative estimate of drug-likeness (QED) is 0.723. The van der Waals surface area contributed by atoms with Crippen LogP contribution in [0, 0.1) is 0 Å². The van der Waals surface area contributed by atoms with Gasteiger partial charge in [0.15, 0.2) is 0 Å². The maximum atomic E-state index is 12.6. The number of para-hydroxylation sites is 1. The van der Waals surface area contributed by atoms with E-state index in [1.54, 1.807) is 0 Å². The number of alkyl halides is 6. The Hall–Kier alpha value is -2.98. The molecule has 1 aromatic carbocycles. The molecule has 0 aliphatic carbocycles. The second kappa shape index (κ2) is 7.21. The third-order valence-corrected chi connectivity index (χ3v) is 3.78. The highest BCUT2D eigenvalue weighted by Crippen LogP contribution is 2.30. The Kier molecular flexibility index (Phi) is 5.09. The number of aromatic nitrogens is 1. The summed E-state index contributed by atoms with van der Waals surface area (Å²) in [7, 11) is 0. The van der Waals surface area contributed by atoms with Crippen LogP contribution in [0.4, 0.5) is 26.3 Å². The van der Waals surface area contributed by atoms with Crippen molar-refractivity contribution in [1.82, 2.24) is 9.88 Å². The lowest BCUT2D eigenvalue weighted by atomic mass is 10.1. The third kappa shape index (κ3) is 4.65. The molecule has 1 saturated heterocycles. The van der Waals surface area contributed by atoms with Crippen molar-refractivity contribution in [3.8, 4) is 11.6 Å². The Bertz CT molecular complexity index is 862. The number of ether oxygens (including phenoxy) is 2. The number of amides is 1. The van der Waals surface area contributed by atoms with Gasteiger partial charge in [0.1, 0.15) is 17.5 Å². The second-order valence-electron chi connectivity index (χ2n) is 5.85. The molecule has 150 valence electrons. The van der Waals surface area contributed by atoms with Crippen LogP contribution < -0.4 is 9.47 Å². The molecule has 0 saturated carbocycles. The summed E-state index contributed by atoms with van der Waals surface area (Å²) in [5, 5.41) is 0. The van der Waals surface area contributed by atoms with E-state index in [2.05, 4.69) is 9.72 Å². The fraction of sp³-hybridized carbons (Fsp3) is 0.294. The normalized spacial score (nSPS) is 15.1. The van der Waals surface area contributed by atoms with Crippen LogP contribution in [0.2, 0.25) is 0 Å². The lowest BCUT2D eigenvalue weighted by molar-refractivity contribution is -0.274. The summed E-state index contributed by atoms with van der Waals surface area (Å²) >= 11 is 0. The molecule has 1 aliphatic heterocycles. The third-order valence-electron chi connectivity index (χ3n) is 3.78. The van der Waals surface area contributed by atoms with E-state index < -0.39 is 36.0 Å². The summed E-state index contributed by atoms with van der Waals surface area (Å²) in [6.45, 7) is -0.0335. The second-order valence-corrected chi connectivity index (χ2v) is 5.85. The zero-order chi connectivity index (χ0) is 20.5. The molecule has 5 nitrogen and oxygen atoms in total. The van der Waals surface area contributed by atoms with Gasteiger partial charge >= 0.3 is 12.5 Å². The van der Waals surface area contributed by atoms with Gasteiger partial charge in [-0.15, -0.1) is 13.2 Å². The summed E-state index contributed by atoms with van der Waals surface area (Å²) in [6, 6.07) is 8.05. The molecule has 0 radical (unpaired) electrons. The van der Waals surface area contributed by atoms with Gasteiger partial charge in [0.25, 0.3) is 5.91 Å². The Labute approximate surface area is 154 Å². The molecule has 1 aromatic heterocycles. The Morgan fingerprint density at radius 2 is 1.68 bits per heavy atom. The molecule has 2 aromatic rings. The van der Waals surface area contributed by atoms with Gasteiger partial charge in [-0.05, 0) is 18.2 Å². The van der Waals surface area contributed by atoms with E-state index in [0.717, 1.165) is 18.2 Å². The first-order valence-corrected chi connectivity index (χ1v) is 7.88. The van der Waals surface area contributed by atoms with Crippen LogP contribution in [0.25, 0.3) is 0 Å². The van der Waals surface area contributed by atoms with Crippen molar-refractivity contribution in [1.29, 1.82) is 0 Å². The monoisotopic (exact) mass is 406 g/mol. The van der Waals surface area contributed by atoms with Crippen molar-refractivity contribution < 1.29 is 40.6 Å². The van der Waals surface area contributed by atoms with Crippen LogP contribution >= 0.6 is 0 Å². The van der Waals surface area contributed by atoms with Crippen LogP contribution in [-0.4, -0.2) is 41.3 Å². The van der Waals surface area contributed by atoms with E-state index >= 15 is 0 Å². The predicted molar refractivity (Wildman–Crippen MR) is 82.7 cm³/mol. The maximum Gasteiger partial charge on any atom is 0.573 e. The van der Waals surface area contributed by atoms with Crippen molar-refractivity contribution in [2.75, 3.05) is 13.1 Å². The van der Waals surface area contributed by atoms with Crippen molar-refractivity contribution in [3.63, 3.8) is 0 Å². The molecule has 0 N–H and O–H groups in total. The first-order valence-electron chi connectivity index (χ1n) is 7.88. The highest BCUT2D eigenvalue weighted by molar-refractivity contribution is 5.97. The zero-order valence-electron chi connectivity index (χ0n) is 13.9. The molecule has 0 bridgehead atoms. The minimum Gasteiger partial charge on any atom is -0.471 e. The topological polar surface area (TPSA) is 51.7 Å². The SMILES string of the molecule is O=C(c1ccccc1OC(F)(F)F)N1CC(Oc2cccc(C(F)(F)F)n2)C1. The van der Waals surface area contributed by atoms with E-state index in [9.17, 15) is 31.1 Å². The van der Waals surface area contributed by atoms with E-state index in [1.165, 1.54) is 29.2 Å². The van der Waals surface area contributed by atoms with Gasteiger partial charge in [-0.25, -0.2) is 4.98 Å². The van der Waals surface area contributed by atoms with Gasteiger partial charge in [0, 0.05) is 6.07 Å². The molecule has 28 heavy (non-hydrogen) atoms. The van der Waals surface area contributed by atoms with Crippen molar-refractivity contribution >= 4 is 5.91 Å². The van der Waals surface area contributed by atoms with E-state index in [4.69, 9.17) is 4.74 Å². The summed E-state index contributed by atoms with van der Waals surface area (Å²) in [4.78, 5) is 16.9. The number of halogens is 6. The van der Waals surface area contributed by atoms with E-state index in [0.29, 0.717) is 0 Å². The highest BCUT2D eigenvalue weighted by atomic mass is 19.4. The van der Waals surface area contributed by atoms with Crippen LogP contribution in [0.3, 0.4) is 0 Å². The molecular formula is C17H12F6N2O3. The van der Waals surface area contributed by atoms with Gasteiger partial charge in [0.05, 0.1) is 18.7 Å². The molecule has 0 spiro atoms. The fourth-order valence-corrected chi connectivity index (χ4v) is 2.51. The number of rotatable bonds is 4. The smallest absolute Gasteiger partial charge is 0.471 e. The predicted octanol–water partition coefficient (Wildman–Crippen LogP) is 3.90. The van der Waals surface area contributed by atoms with Crippen molar-refractivity contribution in [2.24, 2.45) is 0 Å². The number of hydrogen-bond donors (Lipinski definition) is 0. The number of benzene rings is 1. The summed E-state index contributed by atoms with van der Waals surface area (Å²) < 4.78 is 84.4. The van der Waals surface area contributed by atoms with Gasteiger partial charge in [-0.1, -0.05) is 18.2 Å². The average Bonchev–Trinajstić information content (AvgIpc) is 2.56. The first-order chi connectivity index (χ1) is 13.0. The van der Waals surface area contributed by atoms with Crippen LogP contribution in [-0.2, 0) is 6.18 Å². The van der Waals surface area contributed by atoms with Gasteiger partial charge in [-0.2, -0.15) is 13.2 Å². The molecule has 11 heteroatoms. The van der Waals surface area contributed by atoms with E-state index in [1.807, 2.05) is 0 Å². The summed E-state index contributed by atoms with van der Waals surface area (Å²) in [6.07, 6.45) is -10.2.